The van der Waals surface area contributed by atoms with Crippen LogP contribution < -0.4 is 20.9 Å². The standard InChI is InChI=1S/C20H23N3O2/c1-5-22-17(24)7-12(3)15-8-16-11(2)6-13(4)23-14(9-21)10-25-20(18(15)22)19(16)23/h6-8,14H,4-5,9-10,21H2,1-3H3/t14-/m0/s1. The van der Waals surface area contributed by atoms with E-state index in [0.29, 0.717) is 19.7 Å². The summed E-state index contributed by atoms with van der Waals surface area (Å²) in [7, 11) is 0. The monoisotopic (exact) mass is 337 g/mol. The largest absolute Gasteiger partial charge is 0.487 e. The lowest BCUT2D eigenvalue weighted by molar-refractivity contribution is 0.272. The molecule has 2 aliphatic rings. The third-order valence-corrected chi connectivity index (χ3v) is 5.26. The third kappa shape index (κ3) is 2.09. The molecule has 1 aromatic carbocycles. The first kappa shape index (κ1) is 16.0. The van der Waals surface area contributed by atoms with Crippen molar-refractivity contribution in [2.75, 3.05) is 18.1 Å². The van der Waals surface area contributed by atoms with Crippen LogP contribution in [0.1, 0.15) is 25.0 Å². The van der Waals surface area contributed by atoms with Crippen LogP contribution in [0.15, 0.2) is 35.3 Å². The number of pyridine rings is 1. The highest BCUT2D eigenvalue weighted by molar-refractivity contribution is 6.01. The van der Waals surface area contributed by atoms with Gasteiger partial charge in [0.25, 0.3) is 5.56 Å². The summed E-state index contributed by atoms with van der Waals surface area (Å²) in [5.41, 5.74) is 12.0. The maximum absolute atomic E-state index is 12.5. The molecule has 2 aliphatic heterocycles. The average molecular weight is 337 g/mol. The summed E-state index contributed by atoms with van der Waals surface area (Å²) < 4.78 is 7.97. The Hall–Kier alpha value is -2.53. The van der Waals surface area contributed by atoms with E-state index in [-0.39, 0.29) is 11.6 Å². The highest BCUT2D eigenvalue weighted by Crippen LogP contribution is 2.49. The number of nitrogens with two attached hydrogens (primary N) is 1. The predicted molar refractivity (Wildman–Crippen MR) is 102 cm³/mol. The van der Waals surface area contributed by atoms with Crippen LogP contribution in [-0.4, -0.2) is 23.8 Å². The Balaban J connectivity index is 2.19. The molecular weight excluding hydrogens is 314 g/mol. The lowest BCUT2D eigenvalue weighted by atomic mass is 9.92. The summed E-state index contributed by atoms with van der Waals surface area (Å²) in [5, 5.41) is 1.06. The number of anilines is 1. The fourth-order valence-corrected chi connectivity index (χ4v) is 4.03. The lowest BCUT2D eigenvalue weighted by Gasteiger charge is -2.42. The number of rotatable bonds is 2. The van der Waals surface area contributed by atoms with Gasteiger partial charge in [0, 0.05) is 35.8 Å². The van der Waals surface area contributed by atoms with Gasteiger partial charge in [-0.05, 0) is 44.1 Å². The quantitative estimate of drug-likeness (QED) is 0.915. The fraction of sp³-hybridized carbons (Fsp3) is 0.350. The van der Waals surface area contributed by atoms with E-state index in [9.17, 15) is 4.79 Å². The molecule has 4 rings (SSSR count). The Morgan fingerprint density at radius 3 is 2.80 bits per heavy atom. The van der Waals surface area contributed by atoms with Crippen LogP contribution in [0.5, 0.6) is 5.75 Å². The molecule has 0 spiro atoms. The Morgan fingerprint density at radius 1 is 1.36 bits per heavy atom. The summed E-state index contributed by atoms with van der Waals surface area (Å²) in [4.78, 5) is 14.7. The number of fused-ring (bicyclic) bond motifs is 2. The van der Waals surface area contributed by atoms with Crippen LogP contribution >= 0.6 is 0 Å². The number of nitrogens with zero attached hydrogens (tertiary/aromatic N) is 2. The number of allylic oxidation sites excluding steroid dienone is 2. The fourth-order valence-electron chi connectivity index (χ4n) is 4.03. The molecule has 3 heterocycles. The second-order valence-electron chi connectivity index (χ2n) is 6.80. The van der Waals surface area contributed by atoms with E-state index in [4.69, 9.17) is 10.5 Å². The summed E-state index contributed by atoms with van der Waals surface area (Å²) in [6.45, 7) is 11.8. The van der Waals surface area contributed by atoms with Gasteiger partial charge >= 0.3 is 0 Å². The molecule has 0 fully saturated rings. The third-order valence-electron chi connectivity index (χ3n) is 5.26. The van der Waals surface area contributed by atoms with Crippen LogP contribution in [0, 0.1) is 6.92 Å². The molecule has 2 N–H and O–H groups in total. The van der Waals surface area contributed by atoms with Crippen molar-refractivity contribution in [1.82, 2.24) is 4.57 Å². The molecule has 0 unspecified atom stereocenters. The van der Waals surface area contributed by atoms with Crippen LogP contribution in [0.3, 0.4) is 0 Å². The Kier molecular flexibility index (Phi) is 3.51. The summed E-state index contributed by atoms with van der Waals surface area (Å²) in [6, 6.07) is 3.92. The zero-order valence-electron chi connectivity index (χ0n) is 14.9. The zero-order chi connectivity index (χ0) is 17.9. The first-order chi connectivity index (χ1) is 12.0. The Morgan fingerprint density at radius 2 is 2.12 bits per heavy atom. The van der Waals surface area contributed by atoms with Crippen molar-refractivity contribution in [3.05, 3.63) is 52.0 Å². The van der Waals surface area contributed by atoms with Gasteiger partial charge in [-0.3, -0.25) is 4.79 Å². The summed E-state index contributed by atoms with van der Waals surface area (Å²) in [5.74, 6) is 0.772. The smallest absolute Gasteiger partial charge is 0.251 e. The van der Waals surface area contributed by atoms with Crippen LogP contribution in [0.25, 0.3) is 16.5 Å². The molecule has 1 atom stereocenters. The van der Waals surface area contributed by atoms with Gasteiger partial charge in [0.05, 0.1) is 17.2 Å². The summed E-state index contributed by atoms with van der Waals surface area (Å²) in [6.07, 6.45) is 2.09. The molecule has 0 amide bonds. The van der Waals surface area contributed by atoms with Gasteiger partial charge in [0.2, 0.25) is 0 Å². The van der Waals surface area contributed by atoms with Gasteiger partial charge in [-0.1, -0.05) is 6.58 Å². The molecule has 0 aliphatic carbocycles. The van der Waals surface area contributed by atoms with Gasteiger partial charge < -0.3 is 19.9 Å². The molecule has 1 aromatic heterocycles. The minimum absolute atomic E-state index is 0.00157. The molecule has 25 heavy (non-hydrogen) atoms. The molecule has 5 nitrogen and oxygen atoms in total. The highest BCUT2D eigenvalue weighted by Gasteiger charge is 2.35. The van der Waals surface area contributed by atoms with Crippen LogP contribution in [0.2, 0.25) is 0 Å². The van der Waals surface area contributed by atoms with Crippen molar-refractivity contribution in [3.8, 4) is 5.75 Å². The van der Waals surface area contributed by atoms with E-state index in [0.717, 1.165) is 44.7 Å². The molecule has 0 saturated heterocycles. The van der Waals surface area contributed by atoms with E-state index >= 15 is 0 Å². The Labute approximate surface area is 147 Å². The molecule has 130 valence electrons. The molecule has 0 saturated carbocycles. The maximum Gasteiger partial charge on any atom is 0.251 e. The SMILES string of the molecule is C=C1C=C(C)c2cc3c(C)cc(=O)n(CC)c3c3c2N1[C@@H](CN)CO3. The molecular formula is C20H23N3O2. The van der Waals surface area contributed by atoms with Crippen molar-refractivity contribution < 1.29 is 4.74 Å². The van der Waals surface area contributed by atoms with Crippen molar-refractivity contribution >= 4 is 22.2 Å². The molecule has 2 aromatic rings. The number of aromatic nitrogens is 1. The molecule has 0 radical (unpaired) electrons. The van der Waals surface area contributed by atoms with Gasteiger partial charge in [-0.2, -0.15) is 0 Å². The second kappa shape index (κ2) is 5.49. The highest BCUT2D eigenvalue weighted by atomic mass is 16.5. The van der Waals surface area contributed by atoms with Crippen LogP contribution in [0.4, 0.5) is 5.69 Å². The topological polar surface area (TPSA) is 60.5 Å². The normalized spacial score (nSPS) is 18.9. The predicted octanol–water partition coefficient (Wildman–Crippen LogP) is 2.79. The first-order valence-corrected chi connectivity index (χ1v) is 8.68. The molecule has 5 heteroatoms. The number of aryl methyl sites for hydroxylation is 2. The lowest BCUT2D eigenvalue weighted by Crippen LogP contribution is -2.48. The maximum atomic E-state index is 12.5. The number of hydrogen-bond donors (Lipinski definition) is 1. The number of hydrogen-bond acceptors (Lipinski definition) is 4. The van der Waals surface area contributed by atoms with Gasteiger partial charge in [-0.15, -0.1) is 0 Å². The minimum atomic E-state index is 0.00157. The van der Waals surface area contributed by atoms with E-state index in [1.165, 1.54) is 0 Å². The van der Waals surface area contributed by atoms with Gasteiger partial charge in [-0.25, -0.2) is 0 Å². The van der Waals surface area contributed by atoms with E-state index < -0.39 is 0 Å². The second-order valence-corrected chi connectivity index (χ2v) is 6.80. The number of ether oxygens (including phenoxy) is 1. The van der Waals surface area contributed by atoms with Crippen molar-refractivity contribution in [2.45, 2.75) is 33.4 Å². The number of benzene rings is 1. The van der Waals surface area contributed by atoms with Crippen molar-refractivity contribution in [2.24, 2.45) is 5.73 Å². The van der Waals surface area contributed by atoms with E-state index in [2.05, 4.69) is 30.5 Å². The van der Waals surface area contributed by atoms with E-state index in [1.54, 1.807) is 10.6 Å². The first-order valence-electron chi connectivity index (χ1n) is 8.68. The van der Waals surface area contributed by atoms with Crippen molar-refractivity contribution in [1.29, 1.82) is 0 Å². The van der Waals surface area contributed by atoms with Gasteiger partial charge in [0.15, 0.2) is 5.75 Å². The van der Waals surface area contributed by atoms with E-state index in [1.807, 2.05) is 13.8 Å². The minimum Gasteiger partial charge on any atom is -0.487 e. The van der Waals surface area contributed by atoms with Crippen molar-refractivity contribution in [3.63, 3.8) is 0 Å². The van der Waals surface area contributed by atoms with Gasteiger partial charge in [0.1, 0.15) is 6.61 Å². The average Bonchev–Trinajstić information content (AvgIpc) is 2.59. The summed E-state index contributed by atoms with van der Waals surface area (Å²) >= 11 is 0. The molecule has 0 bridgehead atoms. The van der Waals surface area contributed by atoms with Crippen LogP contribution in [-0.2, 0) is 6.54 Å². The Bertz CT molecular complexity index is 1000. The zero-order valence-corrected chi connectivity index (χ0v) is 14.9.